The lowest BCUT2D eigenvalue weighted by Crippen LogP contribution is -2.04. The van der Waals surface area contributed by atoms with Crippen molar-refractivity contribution in [3.63, 3.8) is 0 Å². The van der Waals surface area contributed by atoms with E-state index in [9.17, 15) is 0 Å². The van der Waals surface area contributed by atoms with Gasteiger partial charge < -0.3 is 8.98 Å². The molecule has 0 atom stereocenters. The van der Waals surface area contributed by atoms with Gasteiger partial charge in [-0.05, 0) is 75.8 Å². The molecule has 9 aromatic carbocycles. The van der Waals surface area contributed by atoms with Gasteiger partial charge >= 0.3 is 0 Å². The maximum Gasteiger partial charge on any atom is 0.166 e. The Balaban J connectivity index is 1.18. The van der Waals surface area contributed by atoms with E-state index in [1.54, 1.807) is 0 Å². The highest BCUT2D eigenvalue weighted by Crippen LogP contribution is 2.44. The van der Waals surface area contributed by atoms with E-state index in [2.05, 4.69) is 174 Å². The summed E-state index contributed by atoms with van der Waals surface area (Å²) in [4.78, 5) is 15.8. The van der Waals surface area contributed by atoms with Crippen LogP contribution in [0.3, 0.4) is 0 Å². The first-order chi connectivity index (χ1) is 30.7. The number of aromatic nitrogens is 4. The Bertz CT molecular complexity index is 3560. The van der Waals surface area contributed by atoms with Crippen LogP contribution in [-0.4, -0.2) is 19.5 Å². The molecular weight excluding hydrogens is 757 g/mol. The number of hydrogen-bond acceptors (Lipinski definition) is 4. The predicted molar refractivity (Wildman–Crippen MR) is 254 cm³/mol. The van der Waals surface area contributed by atoms with E-state index < -0.39 is 0 Å². The average Bonchev–Trinajstić information content (AvgIpc) is 3.90. The number of hydrogen-bond donors (Lipinski definition) is 0. The molecule has 0 unspecified atom stereocenters. The van der Waals surface area contributed by atoms with Gasteiger partial charge in [-0.1, -0.05) is 176 Å². The first-order valence-electron chi connectivity index (χ1n) is 20.9. The highest BCUT2D eigenvalue weighted by Gasteiger charge is 2.23. The van der Waals surface area contributed by atoms with Gasteiger partial charge in [-0.15, -0.1) is 0 Å². The first kappa shape index (κ1) is 35.5. The van der Waals surface area contributed by atoms with Crippen molar-refractivity contribution in [3.05, 3.63) is 218 Å². The fourth-order valence-corrected chi connectivity index (χ4v) is 8.96. The maximum absolute atomic E-state index is 6.70. The molecule has 0 fully saturated rings. The van der Waals surface area contributed by atoms with Gasteiger partial charge in [0.2, 0.25) is 0 Å². The van der Waals surface area contributed by atoms with Gasteiger partial charge in [0.15, 0.2) is 17.5 Å². The zero-order valence-electron chi connectivity index (χ0n) is 33.5. The molecule has 5 heteroatoms. The van der Waals surface area contributed by atoms with Crippen molar-refractivity contribution in [2.24, 2.45) is 0 Å². The van der Waals surface area contributed by atoms with Gasteiger partial charge in [-0.25, -0.2) is 15.0 Å². The Kier molecular flexibility index (Phi) is 8.42. The number of rotatable bonds is 7. The van der Waals surface area contributed by atoms with E-state index in [1.165, 1.54) is 0 Å². The Labute approximate surface area is 357 Å². The van der Waals surface area contributed by atoms with E-state index in [-0.39, 0.29) is 0 Å². The Hall–Kier alpha value is -8.41. The molecule has 62 heavy (non-hydrogen) atoms. The molecule has 0 saturated carbocycles. The Morgan fingerprint density at radius 2 is 0.871 bits per heavy atom. The van der Waals surface area contributed by atoms with Crippen LogP contribution in [0.2, 0.25) is 0 Å². The van der Waals surface area contributed by atoms with Crippen molar-refractivity contribution >= 4 is 43.7 Å². The monoisotopic (exact) mass is 792 g/mol. The molecule has 0 saturated heterocycles. The van der Waals surface area contributed by atoms with Crippen LogP contribution in [0.25, 0.3) is 117 Å². The number of fused-ring (bicyclic) bond motifs is 7. The lowest BCUT2D eigenvalue weighted by molar-refractivity contribution is 0.673. The quantitative estimate of drug-likeness (QED) is 0.161. The summed E-state index contributed by atoms with van der Waals surface area (Å²) < 4.78 is 9.05. The highest BCUT2D eigenvalue weighted by atomic mass is 16.3. The molecule has 0 aliphatic heterocycles. The van der Waals surface area contributed by atoms with E-state index in [0.717, 1.165) is 99.5 Å². The van der Waals surface area contributed by atoms with Crippen molar-refractivity contribution in [2.75, 3.05) is 0 Å². The standard InChI is InChI=1S/C57H36N4O/c1-5-17-37(18-6-1)41-29-31-43(38-19-7-2-8-20-38)47(35-41)42-30-33-50(48(36-42)57-59-55(39-21-9-3-10-22-39)58-56(60-57)40-23-11-4-12-24-40)61-49-27-15-13-26-46(49)53-51(61)34-32-45-44-25-14-16-28-52(44)62-54(45)53/h1-36H. The molecular formula is C57H36N4O. The second-order valence-corrected chi connectivity index (χ2v) is 15.5. The lowest BCUT2D eigenvalue weighted by atomic mass is 9.90. The Morgan fingerprint density at radius 1 is 0.323 bits per heavy atom. The number of nitrogens with zero attached hydrogens (tertiary/aromatic N) is 4. The number of furan rings is 1. The molecule has 12 aromatic rings. The molecule has 290 valence electrons. The number of benzene rings is 9. The third kappa shape index (κ3) is 5.98. The zero-order chi connectivity index (χ0) is 41.0. The van der Waals surface area contributed by atoms with Crippen LogP contribution in [0.5, 0.6) is 0 Å². The molecule has 0 N–H and O–H groups in total. The minimum atomic E-state index is 0.575. The lowest BCUT2D eigenvalue weighted by Gasteiger charge is -2.18. The molecule has 0 aliphatic carbocycles. The maximum atomic E-state index is 6.70. The molecule has 0 amide bonds. The van der Waals surface area contributed by atoms with Gasteiger partial charge in [0.05, 0.1) is 22.1 Å². The molecule has 5 nitrogen and oxygen atoms in total. The first-order valence-corrected chi connectivity index (χ1v) is 20.9. The second-order valence-electron chi connectivity index (χ2n) is 15.5. The van der Waals surface area contributed by atoms with Crippen molar-refractivity contribution in [3.8, 4) is 73.2 Å². The van der Waals surface area contributed by atoms with Crippen LogP contribution in [0, 0.1) is 0 Å². The molecule has 3 heterocycles. The minimum Gasteiger partial charge on any atom is -0.455 e. The molecule has 0 bridgehead atoms. The molecule has 0 aliphatic rings. The fourth-order valence-electron chi connectivity index (χ4n) is 8.96. The van der Waals surface area contributed by atoms with E-state index in [0.29, 0.717) is 17.5 Å². The van der Waals surface area contributed by atoms with Crippen LogP contribution in [0.4, 0.5) is 0 Å². The molecule has 0 spiro atoms. The van der Waals surface area contributed by atoms with Gasteiger partial charge in [-0.2, -0.15) is 0 Å². The normalized spacial score (nSPS) is 11.5. The summed E-state index contributed by atoms with van der Waals surface area (Å²) in [6.45, 7) is 0. The van der Waals surface area contributed by atoms with Crippen LogP contribution in [0.1, 0.15) is 0 Å². The average molecular weight is 793 g/mol. The van der Waals surface area contributed by atoms with E-state index >= 15 is 0 Å². The van der Waals surface area contributed by atoms with Crippen molar-refractivity contribution < 1.29 is 4.42 Å². The summed E-state index contributed by atoms with van der Waals surface area (Å²) in [6, 6.07) is 76.3. The van der Waals surface area contributed by atoms with Gasteiger partial charge in [0.1, 0.15) is 11.2 Å². The van der Waals surface area contributed by atoms with Crippen molar-refractivity contribution in [1.82, 2.24) is 19.5 Å². The van der Waals surface area contributed by atoms with Gasteiger partial charge in [0.25, 0.3) is 0 Å². The summed E-state index contributed by atoms with van der Waals surface area (Å²) in [5, 5.41) is 4.37. The molecule has 0 radical (unpaired) electrons. The van der Waals surface area contributed by atoms with E-state index in [1.807, 2.05) is 48.5 Å². The smallest absolute Gasteiger partial charge is 0.166 e. The summed E-state index contributed by atoms with van der Waals surface area (Å²) in [6.07, 6.45) is 0. The van der Waals surface area contributed by atoms with Crippen LogP contribution in [-0.2, 0) is 0 Å². The highest BCUT2D eigenvalue weighted by molar-refractivity contribution is 6.24. The minimum absolute atomic E-state index is 0.575. The predicted octanol–water partition coefficient (Wildman–Crippen LogP) is 14.9. The summed E-state index contributed by atoms with van der Waals surface area (Å²) >= 11 is 0. The topological polar surface area (TPSA) is 56.7 Å². The third-order valence-electron chi connectivity index (χ3n) is 11.9. The van der Waals surface area contributed by atoms with Crippen LogP contribution in [0.15, 0.2) is 223 Å². The van der Waals surface area contributed by atoms with Gasteiger partial charge in [0, 0.05) is 32.8 Å². The fraction of sp³-hybridized carbons (Fsp3) is 0. The van der Waals surface area contributed by atoms with Gasteiger partial charge in [-0.3, -0.25) is 0 Å². The molecule has 12 rings (SSSR count). The SMILES string of the molecule is c1ccc(-c2ccc(-c3ccccc3)c(-c3ccc(-n4c5ccccc5c5c6oc7ccccc7c6ccc54)c(-c4nc(-c5ccccc5)nc(-c5ccccc5)n4)c3)c2)cc1. The summed E-state index contributed by atoms with van der Waals surface area (Å²) in [5.41, 5.74) is 14.2. The largest absolute Gasteiger partial charge is 0.455 e. The van der Waals surface area contributed by atoms with E-state index in [4.69, 9.17) is 19.4 Å². The van der Waals surface area contributed by atoms with Crippen LogP contribution >= 0.6 is 0 Å². The van der Waals surface area contributed by atoms with Crippen molar-refractivity contribution in [2.45, 2.75) is 0 Å². The summed E-state index contributed by atoms with van der Waals surface area (Å²) in [5.74, 6) is 1.78. The second kappa shape index (κ2) is 14.7. The van der Waals surface area contributed by atoms with Crippen molar-refractivity contribution in [1.29, 1.82) is 0 Å². The van der Waals surface area contributed by atoms with Crippen LogP contribution < -0.4 is 0 Å². The molecule has 3 aromatic heterocycles. The Morgan fingerprint density at radius 3 is 1.56 bits per heavy atom. The number of para-hydroxylation sites is 2. The third-order valence-corrected chi connectivity index (χ3v) is 11.9. The summed E-state index contributed by atoms with van der Waals surface area (Å²) in [7, 11) is 0. The zero-order valence-corrected chi connectivity index (χ0v) is 33.5.